The van der Waals surface area contributed by atoms with E-state index in [-0.39, 0.29) is 11.9 Å². The fourth-order valence-electron chi connectivity index (χ4n) is 2.31. The number of nitrogens with one attached hydrogen (secondary N) is 1. The Bertz CT molecular complexity index is 603. The third-order valence-corrected chi connectivity index (χ3v) is 3.52. The van der Waals surface area contributed by atoms with E-state index >= 15 is 0 Å². The average molecular weight is 308 g/mol. The van der Waals surface area contributed by atoms with Gasteiger partial charge < -0.3 is 10.1 Å². The molecule has 0 fully saturated rings. The summed E-state index contributed by atoms with van der Waals surface area (Å²) in [5.41, 5.74) is 1.81. The second-order valence-electron chi connectivity index (χ2n) is 4.83. The molecule has 2 aromatic carbocycles. The zero-order chi connectivity index (χ0) is 15.2. The molecule has 21 heavy (non-hydrogen) atoms. The number of hydrogen-bond donors (Lipinski definition) is 1. The quantitative estimate of drug-likeness (QED) is 0.843. The molecule has 0 amide bonds. The summed E-state index contributed by atoms with van der Waals surface area (Å²) < 4.78 is 19.0. The first-order chi connectivity index (χ1) is 10.2. The third kappa shape index (κ3) is 3.96. The molecule has 2 rings (SSSR count). The molecule has 0 aliphatic carbocycles. The maximum absolute atomic E-state index is 13.5. The molecule has 0 saturated heterocycles. The lowest BCUT2D eigenvalue weighted by Gasteiger charge is -2.22. The Morgan fingerprint density at radius 3 is 2.71 bits per heavy atom. The first-order valence-corrected chi connectivity index (χ1v) is 7.35. The molecule has 1 N–H and O–H groups in total. The van der Waals surface area contributed by atoms with E-state index in [9.17, 15) is 4.39 Å². The monoisotopic (exact) mass is 307 g/mol. The highest BCUT2D eigenvalue weighted by molar-refractivity contribution is 6.30. The predicted molar refractivity (Wildman–Crippen MR) is 84.5 cm³/mol. The molecule has 112 valence electrons. The lowest BCUT2D eigenvalue weighted by atomic mass is 9.97. The summed E-state index contributed by atoms with van der Waals surface area (Å²) in [5.74, 6) is 0.448. The predicted octanol–water partition coefficient (Wildman–Crippen LogP) is 4.58. The Kier molecular flexibility index (Phi) is 5.59. The van der Waals surface area contributed by atoms with Gasteiger partial charge in [-0.3, -0.25) is 0 Å². The number of hydrogen-bond acceptors (Lipinski definition) is 2. The molecule has 0 heterocycles. The molecule has 0 aliphatic heterocycles. The highest BCUT2D eigenvalue weighted by Gasteiger charge is 2.18. The summed E-state index contributed by atoms with van der Waals surface area (Å²) in [5, 5.41) is 4.05. The van der Waals surface area contributed by atoms with Gasteiger partial charge in [-0.2, -0.15) is 0 Å². The van der Waals surface area contributed by atoms with Crippen molar-refractivity contribution in [2.75, 3.05) is 13.7 Å². The van der Waals surface area contributed by atoms with Crippen LogP contribution in [0.1, 0.15) is 30.5 Å². The van der Waals surface area contributed by atoms with Gasteiger partial charge in [-0.15, -0.1) is 0 Å². The van der Waals surface area contributed by atoms with Gasteiger partial charge in [0.1, 0.15) is 11.6 Å². The number of halogens is 2. The second-order valence-corrected chi connectivity index (χ2v) is 5.26. The first-order valence-electron chi connectivity index (χ1n) is 6.98. The van der Waals surface area contributed by atoms with Gasteiger partial charge in [0.15, 0.2) is 0 Å². The van der Waals surface area contributed by atoms with E-state index in [2.05, 4.69) is 12.2 Å². The number of ether oxygens (including phenoxy) is 1. The first kappa shape index (κ1) is 15.8. The third-order valence-electron chi connectivity index (χ3n) is 3.29. The lowest BCUT2D eigenvalue weighted by molar-refractivity contribution is 0.403. The molecular weight excluding hydrogens is 289 g/mol. The van der Waals surface area contributed by atoms with Gasteiger partial charge in [0.25, 0.3) is 0 Å². The van der Waals surface area contributed by atoms with E-state index < -0.39 is 0 Å². The molecule has 1 unspecified atom stereocenters. The fraction of sp³-hybridized carbons (Fsp3) is 0.294. The summed E-state index contributed by atoms with van der Waals surface area (Å²) in [6.45, 7) is 2.92. The molecule has 0 saturated carbocycles. The minimum Gasteiger partial charge on any atom is -0.496 e. The van der Waals surface area contributed by atoms with Crippen molar-refractivity contribution in [1.29, 1.82) is 0 Å². The van der Waals surface area contributed by atoms with Crippen LogP contribution in [0.2, 0.25) is 5.02 Å². The average Bonchev–Trinajstić information content (AvgIpc) is 2.49. The largest absolute Gasteiger partial charge is 0.496 e. The van der Waals surface area contributed by atoms with Crippen LogP contribution in [0, 0.1) is 5.82 Å². The maximum atomic E-state index is 13.5. The van der Waals surface area contributed by atoms with Gasteiger partial charge in [-0.1, -0.05) is 36.7 Å². The van der Waals surface area contributed by atoms with Crippen molar-refractivity contribution in [3.05, 3.63) is 64.4 Å². The number of rotatable bonds is 6. The lowest BCUT2D eigenvalue weighted by Crippen LogP contribution is -2.23. The van der Waals surface area contributed by atoms with Crippen molar-refractivity contribution in [2.24, 2.45) is 0 Å². The molecule has 4 heteroatoms. The SMILES string of the molecule is CCCNC(c1cccc(F)c1)c1ccc(Cl)cc1OC. The van der Waals surface area contributed by atoms with Crippen LogP contribution in [0.25, 0.3) is 0 Å². The van der Waals surface area contributed by atoms with E-state index in [4.69, 9.17) is 16.3 Å². The number of benzene rings is 2. The van der Waals surface area contributed by atoms with Crippen LogP contribution in [0.5, 0.6) is 5.75 Å². The normalized spacial score (nSPS) is 12.2. The second kappa shape index (κ2) is 7.43. The minimum atomic E-state index is -0.247. The Morgan fingerprint density at radius 1 is 1.24 bits per heavy atom. The van der Waals surface area contributed by atoms with E-state index in [1.807, 2.05) is 18.2 Å². The topological polar surface area (TPSA) is 21.3 Å². The summed E-state index contributed by atoms with van der Waals surface area (Å²) in [7, 11) is 1.61. The Hall–Kier alpha value is -1.58. The molecule has 0 bridgehead atoms. The van der Waals surface area contributed by atoms with Crippen LogP contribution in [0.15, 0.2) is 42.5 Å². The Labute approximate surface area is 129 Å². The molecule has 0 radical (unpaired) electrons. The molecule has 1 atom stereocenters. The van der Waals surface area contributed by atoms with Gasteiger partial charge in [0.05, 0.1) is 13.2 Å². The fourth-order valence-corrected chi connectivity index (χ4v) is 2.47. The highest BCUT2D eigenvalue weighted by Crippen LogP contribution is 2.32. The Balaban J connectivity index is 2.45. The van der Waals surface area contributed by atoms with Crippen molar-refractivity contribution >= 4 is 11.6 Å². The zero-order valence-electron chi connectivity index (χ0n) is 12.2. The van der Waals surface area contributed by atoms with E-state index in [1.54, 1.807) is 25.3 Å². The van der Waals surface area contributed by atoms with Crippen LogP contribution >= 0.6 is 11.6 Å². The van der Waals surface area contributed by atoms with E-state index in [0.717, 1.165) is 24.1 Å². The summed E-state index contributed by atoms with van der Waals surface area (Å²) >= 11 is 6.02. The van der Waals surface area contributed by atoms with Crippen molar-refractivity contribution in [3.8, 4) is 5.75 Å². The maximum Gasteiger partial charge on any atom is 0.125 e. The van der Waals surface area contributed by atoms with Crippen LogP contribution in [-0.4, -0.2) is 13.7 Å². The van der Waals surface area contributed by atoms with Crippen molar-refractivity contribution in [2.45, 2.75) is 19.4 Å². The number of methoxy groups -OCH3 is 1. The van der Waals surface area contributed by atoms with Crippen LogP contribution in [-0.2, 0) is 0 Å². The molecular formula is C17H19ClFNO. The molecule has 0 aromatic heterocycles. The highest BCUT2D eigenvalue weighted by atomic mass is 35.5. The molecule has 2 aromatic rings. The van der Waals surface area contributed by atoms with E-state index in [0.29, 0.717) is 10.8 Å². The Morgan fingerprint density at radius 2 is 2.05 bits per heavy atom. The van der Waals surface area contributed by atoms with Crippen LogP contribution < -0.4 is 10.1 Å². The molecule has 0 aliphatic rings. The van der Waals surface area contributed by atoms with Crippen molar-refractivity contribution in [1.82, 2.24) is 5.32 Å². The van der Waals surface area contributed by atoms with Crippen molar-refractivity contribution in [3.63, 3.8) is 0 Å². The zero-order valence-corrected chi connectivity index (χ0v) is 13.0. The summed E-state index contributed by atoms with van der Waals surface area (Å²) in [4.78, 5) is 0. The van der Waals surface area contributed by atoms with E-state index in [1.165, 1.54) is 6.07 Å². The molecule has 0 spiro atoms. The summed E-state index contributed by atoms with van der Waals surface area (Å²) in [6.07, 6.45) is 0.988. The molecule has 2 nitrogen and oxygen atoms in total. The standard InChI is InChI=1S/C17H19ClFNO/c1-3-9-20-17(12-5-4-6-14(19)10-12)15-8-7-13(18)11-16(15)21-2/h4-8,10-11,17,20H,3,9H2,1-2H3. The van der Waals surface area contributed by atoms with Crippen LogP contribution in [0.3, 0.4) is 0 Å². The van der Waals surface area contributed by atoms with Gasteiger partial charge in [-0.05, 0) is 42.8 Å². The van der Waals surface area contributed by atoms with Gasteiger partial charge in [-0.25, -0.2) is 4.39 Å². The van der Waals surface area contributed by atoms with Crippen LogP contribution in [0.4, 0.5) is 4.39 Å². The van der Waals surface area contributed by atoms with Gasteiger partial charge >= 0.3 is 0 Å². The minimum absolute atomic E-state index is 0.132. The smallest absolute Gasteiger partial charge is 0.125 e. The van der Waals surface area contributed by atoms with Gasteiger partial charge in [0.2, 0.25) is 0 Å². The van der Waals surface area contributed by atoms with Gasteiger partial charge in [0, 0.05) is 10.6 Å². The van der Waals surface area contributed by atoms with Crippen molar-refractivity contribution < 1.29 is 9.13 Å². The summed E-state index contributed by atoms with van der Waals surface area (Å²) in [6, 6.07) is 12.0.